The zero-order chi connectivity index (χ0) is 40.3. The van der Waals surface area contributed by atoms with E-state index >= 15 is 0 Å². The molecule has 2 aromatic heterocycles. The van der Waals surface area contributed by atoms with Gasteiger partial charge in [0.1, 0.15) is 11.4 Å². The number of alkyl carbamates (subject to hydrolysis) is 1. The smallest absolute Gasteiger partial charge is 0.444 e. The highest BCUT2D eigenvalue weighted by Crippen LogP contribution is 2.33. The molecule has 15 heteroatoms. The Bertz CT molecular complexity index is 2150. The molecule has 2 fully saturated rings. The van der Waals surface area contributed by atoms with Crippen LogP contribution in [0.4, 0.5) is 18.0 Å². The molecular weight excluding hydrogens is 754 g/mol. The Balaban J connectivity index is 0.903. The summed E-state index contributed by atoms with van der Waals surface area (Å²) in [5.74, 6) is 7.05. The molecule has 1 N–H and O–H groups in total. The minimum atomic E-state index is -4.61. The summed E-state index contributed by atoms with van der Waals surface area (Å²) >= 11 is 1.57. The predicted octanol–water partition coefficient (Wildman–Crippen LogP) is 7.96. The lowest BCUT2D eigenvalue weighted by atomic mass is 9.88. The first kappa shape index (κ1) is 40.0. The van der Waals surface area contributed by atoms with Gasteiger partial charge in [-0.05, 0) is 88.1 Å². The number of carbonyl (C=O) groups excluding carboxylic acids is 2. The Morgan fingerprint density at radius 1 is 0.947 bits per heavy atom. The van der Waals surface area contributed by atoms with E-state index in [9.17, 15) is 22.8 Å². The minimum Gasteiger partial charge on any atom is -0.444 e. The molecule has 7 rings (SSSR count). The van der Waals surface area contributed by atoms with Crippen LogP contribution in [0, 0.1) is 24.7 Å². The van der Waals surface area contributed by atoms with Gasteiger partial charge in [-0.1, -0.05) is 48.2 Å². The Morgan fingerprint density at radius 3 is 2.28 bits per heavy atom. The van der Waals surface area contributed by atoms with Gasteiger partial charge in [0.25, 0.3) is 5.82 Å². The van der Waals surface area contributed by atoms with Crippen LogP contribution in [-0.4, -0.2) is 79.3 Å². The average molecular weight is 801 g/mol. The number of fused-ring (bicyclic) bond motifs is 1. The van der Waals surface area contributed by atoms with E-state index in [-0.39, 0.29) is 24.1 Å². The SMILES string of the molecule is Cc1ncsc1-c1ccc(C(CC(=O)N2CCC(C#Cc3ccc(C4CCN(C5=Nn6c(nnc6C(F)(F)F)CC5)CC4)cc3)CC2)NC(=O)OC(C)(C)C)cc1. The fourth-order valence-corrected chi connectivity index (χ4v) is 8.39. The third-order valence-electron chi connectivity index (χ3n) is 10.6. The van der Waals surface area contributed by atoms with Crippen molar-refractivity contribution in [1.82, 2.24) is 35.0 Å². The summed E-state index contributed by atoms with van der Waals surface area (Å²) in [6.45, 7) is 10.0. The number of rotatable bonds is 6. The lowest BCUT2D eigenvalue weighted by Gasteiger charge is -2.35. The number of benzene rings is 2. The molecule has 5 heterocycles. The van der Waals surface area contributed by atoms with Gasteiger partial charge in [0.2, 0.25) is 5.91 Å². The van der Waals surface area contributed by atoms with Gasteiger partial charge in [0.05, 0.1) is 28.5 Å². The van der Waals surface area contributed by atoms with Crippen molar-refractivity contribution in [2.24, 2.45) is 11.0 Å². The van der Waals surface area contributed by atoms with E-state index in [1.165, 1.54) is 5.56 Å². The van der Waals surface area contributed by atoms with Crippen molar-refractivity contribution >= 4 is 29.2 Å². The molecule has 1 unspecified atom stereocenters. The standard InChI is InChI=1S/C42H47F3N8O3S/c1-27-38(57-26-46-27)33-13-11-32(12-14-33)34(47-40(55)56-41(2,3)4)25-37(54)52-21-17-29(18-22-52)6-5-28-7-9-30(10-8-28)31-19-23-51(24-20-31)36-16-15-35-48-49-39(42(43,44)45)53(35)50-36/h7-14,26,29,31,34H,15-25H2,1-4H3,(H,47,55). The number of thiazole rings is 1. The fourth-order valence-electron chi connectivity index (χ4n) is 7.58. The summed E-state index contributed by atoms with van der Waals surface area (Å²) in [7, 11) is 0. The number of amidine groups is 1. The molecule has 0 saturated carbocycles. The Hall–Kier alpha value is -5.23. The molecule has 0 spiro atoms. The maximum Gasteiger partial charge on any atom is 0.453 e. The van der Waals surface area contributed by atoms with Crippen molar-refractivity contribution in [1.29, 1.82) is 0 Å². The Kier molecular flexibility index (Phi) is 11.7. The maximum absolute atomic E-state index is 13.6. The van der Waals surface area contributed by atoms with Gasteiger partial charge >= 0.3 is 12.3 Å². The number of aryl methyl sites for hydroxylation is 2. The number of carbonyl (C=O) groups is 2. The number of alkyl halides is 3. The van der Waals surface area contributed by atoms with E-state index in [0.717, 1.165) is 57.6 Å². The second-order valence-corrected chi connectivity index (χ2v) is 16.7. The molecule has 0 bridgehead atoms. The van der Waals surface area contributed by atoms with E-state index in [2.05, 4.69) is 54.5 Å². The van der Waals surface area contributed by atoms with Crippen LogP contribution in [-0.2, 0) is 22.1 Å². The maximum atomic E-state index is 13.6. The molecule has 2 amide bonds. The third kappa shape index (κ3) is 9.84. The van der Waals surface area contributed by atoms with Crippen LogP contribution in [0.15, 0.2) is 59.1 Å². The topological polar surface area (TPSA) is 118 Å². The van der Waals surface area contributed by atoms with E-state index in [0.29, 0.717) is 50.8 Å². The van der Waals surface area contributed by atoms with Crippen molar-refractivity contribution in [2.45, 2.75) is 96.4 Å². The van der Waals surface area contributed by atoms with Crippen LogP contribution in [0.3, 0.4) is 0 Å². The molecule has 2 saturated heterocycles. The highest BCUT2D eigenvalue weighted by molar-refractivity contribution is 7.13. The number of aromatic nitrogens is 4. The number of piperidine rings is 2. The van der Waals surface area contributed by atoms with Crippen LogP contribution in [0.1, 0.15) is 105 Å². The monoisotopic (exact) mass is 800 g/mol. The van der Waals surface area contributed by atoms with Gasteiger partial charge in [0, 0.05) is 50.5 Å². The van der Waals surface area contributed by atoms with Crippen LogP contribution >= 0.6 is 11.3 Å². The largest absolute Gasteiger partial charge is 0.453 e. The van der Waals surface area contributed by atoms with Gasteiger partial charge in [-0.3, -0.25) is 4.79 Å². The van der Waals surface area contributed by atoms with Gasteiger partial charge < -0.3 is 19.9 Å². The zero-order valence-electron chi connectivity index (χ0n) is 32.6. The number of amides is 2. The normalized spacial score (nSPS) is 17.3. The van der Waals surface area contributed by atoms with Crippen molar-refractivity contribution in [3.05, 3.63) is 88.1 Å². The summed E-state index contributed by atoms with van der Waals surface area (Å²) in [5, 5.41) is 14.2. The number of nitrogens with zero attached hydrogens (tertiary/aromatic N) is 7. The number of hydrogen-bond donors (Lipinski definition) is 1. The fraction of sp³-hybridized carbons (Fsp3) is 0.476. The van der Waals surface area contributed by atoms with Crippen molar-refractivity contribution in [3.8, 4) is 22.3 Å². The predicted molar refractivity (Wildman–Crippen MR) is 211 cm³/mol. The van der Waals surface area contributed by atoms with Gasteiger partial charge in [-0.2, -0.15) is 22.9 Å². The first-order chi connectivity index (χ1) is 27.2. The third-order valence-corrected chi connectivity index (χ3v) is 11.6. The van der Waals surface area contributed by atoms with Crippen LogP contribution in [0.5, 0.6) is 0 Å². The first-order valence-corrected chi connectivity index (χ1v) is 20.3. The number of halogens is 3. The van der Waals surface area contributed by atoms with E-state index in [1.807, 2.05) is 74.5 Å². The zero-order valence-corrected chi connectivity index (χ0v) is 33.4. The number of likely N-dealkylation sites (tertiary alicyclic amines) is 2. The number of ether oxygens (including phenoxy) is 1. The summed E-state index contributed by atoms with van der Waals surface area (Å²) in [6, 6.07) is 15.7. The van der Waals surface area contributed by atoms with Crippen molar-refractivity contribution in [2.75, 3.05) is 26.2 Å². The number of nitrogens with one attached hydrogen (secondary N) is 1. The first-order valence-electron chi connectivity index (χ1n) is 19.4. The lowest BCUT2D eigenvalue weighted by Crippen LogP contribution is -2.41. The molecular formula is C42H47F3N8O3S. The van der Waals surface area contributed by atoms with E-state index in [1.54, 1.807) is 11.3 Å². The molecule has 3 aliphatic heterocycles. The molecule has 57 heavy (non-hydrogen) atoms. The Morgan fingerprint density at radius 2 is 1.65 bits per heavy atom. The molecule has 2 aromatic carbocycles. The van der Waals surface area contributed by atoms with Crippen molar-refractivity contribution < 1.29 is 27.5 Å². The van der Waals surface area contributed by atoms with Crippen LogP contribution in [0.25, 0.3) is 10.4 Å². The number of hydrogen-bond acceptors (Lipinski definition) is 9. The molecule has 0 aliphatic carbocycles. The van der Waals surface area contributed by atoms with Gasteiger partial charge in [-0.25, -0.2) is 9.78 Å². The van der Waals surface area contributed by atoms with Gasteiger partial charge in [-0.15, -0.1) is 21.5 Å². The highest BCUT2D eigenvalue weighted by atomic mass is 32.1. The molecule has 11 nitrogen and oxygen atoms in total. The summed E-state index contributed by atoms with van der Waals surface area (Å²) in [6.07, 6.45) is -0.856. The molecule has 0 radical (unpaired) electrons. The highest BCUT2D eigenvalue weighted by Gasteiger charge is 2.40. The molecule has 4 aromatic rings. The molecule has 300 valence electrons. The Labute approximate surface area is 334 Å². The summed E-state index contributed by atoms with van der Waals surface area (Å²) in [4.78, 5) is 35.8. The minimum absolute atomic E-state index is 0.0294. The van der Waals surface area contributed by atoms with E-state index < -0.39 is 29.7 Å². The van der Waals surface area contributed by atoms with Crippen LogP contribution in [0.2, 0.25) is 0 Å². The van der Waals surface area contributed by atoms with Crippen LogP contribution < -0.4 is 5.32 Å². The summed E-state index contributed by atoms with van der Waals surface area (Å²) in [5.41, 5.74) is 6.12. The lowest BCUT2D eigenvalue weighted by molar-refractivity contribution is -0.147. The molecule has 1 atom stereocenters. The van der Waals surface area contributed by atoms with E-state index in [4.69, 9.17) is 4.74 Å². The second kappa shape index (κ2) is 16.7. The quantitative estimate of drug-likeness (QED) is 0.197. The summed E-state index contributed by atoms with van der Waals surface area (Å²) < 4.78 is 46.5. The second-order valence-electron chi connectivity index (χ2n) is 15.9. The van der Waals surface area contributed by atoms with Gasteiger partial charge in [0.15, 0.2) is 5.82 Å². The van der Waals surface area contributed by atoms with Crippen molar-refractivity contribution in [3.63, 3.8) is 0 Å². The molecule has 3 aliphatic rings. The average Bonchev–Trinajstić information content (AvgIpc) is 3.83.